The van der Waals surface area contributed by atoms with Crippen molar-refractivity contribution in [2.45, 2.75) is 47.0 Å². The summed E-state index contributed by atoms with van der Waals surface area (Å²) in [6.07, 6.45) is 2.70. The van der Waals surface area contributed by atoms with E-state index in [0.29, 0.717) is 13.1 Å². The van der Waals surface area contributed by atoms with Gasteiger partial charge in [-0.3, -0.25) is 0 Å². The zero-order chi connectivity index (χ0) is 11.9. The SMILES string of the molecule is CCCNS(=O)(=O)NCCCC(C)(C)C. The molecule has 0 atom stereocenters. The zero-order valence-corrected chi connectivity index (χ0v) is 11.1. The van der Waals surface area contributed by atoms with E-state index >= 15 is 0 Å². The summed E-state index contributed by atoms with van der Waals surface area (Å²) in [5.74, 6) is 0. The Labute approximate surface area is 94.0 Å². The maximum atomic E-state index is 11.3. The predicted molar refractivity (Wildman–Crippen MR) is 63.9 cm³/mol. The molecular formula is C10H24N2O2S. The molecule has 92 valence electrons. The van der Waals surface area contributed by atoms with Gasteiger partial charge in [0.05, 0.1) is 0 Å². The zero-order valence-electron chi connectivity index (χ0n) is 10.3. The lowest BCUT2D eigenvalue weighted by atomic mass is 9.91. The molecule has 4 nitrogen and oxygen atoms in total. The standard InChI is InChI=1S/C10H24N2O2S/c1-5-8-11-15(13,14)12-9-6-7-10(2,3)4/h11-12H,5-9H2,1-4H3. The van der Waals surface area contributed by atoms with Gasteiger partial charge in [-0.1, -0.05) is 27.7 Å². The van der Waals surface area contributed by atoms with Gasteiger partial charge in [0.25, 0.3) is 10.2 Å². The highest BCUT2D eigenvalue weighted by atomic mass is 32.2. The summed E-state index contributed by atoms with van der Waals surface area (Å²) >= 11 is 0. The first-order chi connectivity index (χ1) is 6.77. The van der Waals surface area contributed by atoms with Gasteiger partial charge in [0, 0.05) is 13.1 Å². The van der Waals surface area contributed by atoms with Crippen molar-refractivity contribution in [3.63, 3.8) is 0 Å². The van der Waals surface area contributed by atoms with E-state index in [9.17, 15) is 8.42 Å². The molecule has 2 N–H and O–H groups in total. The quantitative estimate of drug-likeness (QED) is 0.660. The molecule has 0 spiro atoms. The summed E-state index contributed by atoms with van der Waals surface area (Å²) in [7, 11) is -3.26. The molecular weight excluding hydrogens is 212 g/mol. The Morgan fingerprint density at radius 3 is 2.07 bits per heavy atom. The fourth-order valence-corrected chi connectivity index (χ4v) is 2.10. The molecule has 0 aromatic heterocycles. The molecule has 0 bridgehead atoms. The van der Waals surface area contributed by atoms with Gasteiger partial charge in [-0.15, -0.1) is 0 Å². The second-order valence-corrected chi connectivity index (χ2v) is 6.54. The van der Waals surface area contributed by atoms with Crippen LogP contribution in [0, 0.1) is 5.41 Å². The molecule has 0 aliphatic carbocycles. The first-order valence-corrected chi connectivity index (χ1v) is 6.99. The largest absolute Gasteiger partial charge is 0.276 e. The summed E-state index contributed by atoms with van der Waals surface area (Å²) < 4.78 is 27.6. The summed E-state index contributed by atoms with van der Waals surface area (Å²) in [5, 5.41) is 0. The Kier molecular flexibility index (Phi) is 6.40. The van der Waals surface area contributed by atoms with Gasteiger partial charge in [-0.2, -0.15) is 8.42 Å². The first kappa shape index (κ1) is 14.9. The lowest BCUT2D eigenvalue weighted by Gasteiger charge is -2.17. The molecule has 0 aliphatic heterocycles. The molecule has 0 aromatic rings. The molecule has 0 heterocycles. The second-order valence-electron chi connectivity index (χ2n) is 4.96. The topological polar surface area (TPSA) is 58.2 Å². The van der Waals surface area contributed by atoms with Crippen LogP contribution < -0.4 is 9.44 Å². The molecule has 0 saturated heterocycles. The fraction of sp³-hybridized carbons (Fsp3) is 1.00. The van der Waals surface area contributed by atoms with Crippen molar-refractivity contribution in [1.29, 1.82) is 0 Å². The number of nitrogens with one attached hydrogen (secondary N) is 2. The molecule has 0 saturated carbocycles. The average Bonchev–Trinajstić information content (AvgIpc) is 2.08. The lowest BCUT2D eigenvalue weighted by Crippen LogP contribution is -2.37. The van der Waals surface area contributed by atoms with Crippen molar-refractivity contribution in [3.8, 4) is 0 Å². The molecule has 0 fully saturated rings. The van der Waals surface area contributed by atoms with Crippen molar-refractivity contribution in [3.05, 3.63) is 0 Å². The van der Waals surface area contributed by atoms with E-state index in [2.05, 4.69) is 30.2 Å². The Hall–Kier alpha value is -0.130. The lowest BCUT2D eigenvalue weighted by molar-refractivity contribution is 0.365. The van der Waals surface area contributed by atoms with Gasteiger partial charge in [-0.05, 0) is 24.7 Å². The van der Waals surface area contributed by atoms with Crippen molar-refractivity contribution in [1.82, 2.24) is 9.44 Å². The first-order valence-electron chi connectivity index (χ1n) is 5.51. The molecule has 0 unspecified atom stereocenters. The molecule has 15 heavy (non-hydrogen) atoms. The fourth-order valence-electron chi connectivity index (χ4n) is 1.11. The Morgan fingerprint density at radius 1 is 1.07 bits per heavy atom. The van der Waals surface area contributed by atoms with Gasteiger partial charge in [0.1, 0.15) is 0 Å². The minimum absolute atomic E-state index is 0.266. The average molecular weight is 236 g/mol. The highest BCUT2D eigenvalue weighted by Gasteiger charge is 2.11. The summed E-state index contributed by atoms with van der Waals surface area (Å²) in [6, 6.07) is 0. The monoisotopic (exact) mass is 236 g/mol. The molecule has 0 rings (SSSR count). The number of rotatable bonds is 7. The van der Waals surface area contributed by atoms with Crippen LogP contribution in [-0.2, 0) is 10.2 Å². The van der Waals surface area contributed by atoms with E-state index in [1.54, 1.807) is 0 Å². The van der Waals surface area contributed by atoms with Crippen LogP contribution in [0.1, 0.15) is 47.0 Å². The van der Waals surface area contributed by atoms with Crippen molar-refractivity contribution in [2.24, 2.45) is 5.41 Å². The van der Waals surface area contributed by atoms with Crippen molar-refractivity contribution < 1.29 is 8.42 Å². The van der Waals surface area contributed by atoms with E-state index in [-0.39, 0.29) is 5.41 Å². The van der Waals surface area contributed by atoms with Gasteiger partial charge in [-0.25, -0.2) is 9.44 Å². The molecule has 0 radical (unpaired) electrons. The van der Waals surface area contributed by atoms with Crippen LogP contribution in [0.15, 0.2) is 0 Å². The minimum atomic E-state index is -3.26. The summed E-state index contributed by atoms with van der Waals surface area (Å²) in [6.45, 7) is 9.39. The molecule has 0 aliphatic rings. The summed E-state index contributed by atoms with van der Waals surface area (Å²) in [5.41, 5.74) is 0.266. The Morgan fingerprint density at radius 2 is 1.60 bits per heavy atom. The normalized spacial score (nSPS) is 13.1. The number of hydrogen-bond donors (Lipinski definition) is 2. The van der Waals surface area contributed by atoms with Crippen LogP contribution >= 0.6 is 0 Å². The maximum absolute atomic E-state index is 11.3. The summed E-state index contributed by atoms with van der Waals surface area (Å²) in [4.78, 5) is 0. The molecule has 5 heteroatoms. The van der Waals surface area contributed by atoms with Gasteiger partial charge in [0.15, 0.2) is 0 Å². The van der Waals surface area contributed by atoms with Crippen LogP contribution in [0.25, 0.3) is 0 Å². The third-order valence-electron chi connectivity index (χ3n) is 1.94. The third kappa shape index (κ3) is 10.2. The third-order valence-corrected chi connectivity index (χ3v) is 3.11. The van der Waals surface area contributed by atoms with Crippen LogP contribution in [0.5, 0.6) is 0 Å². The van der Waals surface area contributed by atoms with Crippen LogP contribution in [0.4, 0.5) is 0 Å². The van der Waals surface area contributed by atoms with Gasteiger partial charge in [0.2, 0.25) is 0 Å². The Bertz CT molecular complexity index is 255. The highest BCUT2D eigenvalue weighted by molar-refractivity contribution is 7.87. The Balaban J connectivity index is 3.67. The van der Waals surface area contributed by atoms with E-state index in [4.69, 9.17) is 0 Å². The second kappa shape index (κ2) is 6.45. The van der Waals surface area contributed by atoms with Crippen molar-refractivity contribution in [2.75, 3.05) is 13.1 Å². The van der Waals surface area contributed by atoms with Gasteiger partial charge >= 0.3 is 0 Å². The predicted octanol–water partition coefficient (Wildman–Crippen LogP) is 1.65. The molecule has 0 amide bonds. The van der Waals surface area contributed by atoms with E-state index in [1.165, 1.54) is 0 Å². The van der Waals surface area contributed by atoms with Crippen LogP contribution in [0.2, 0.25) is 0 Å². The van der Waals surface area contributed by atoms with Crippen LogP contribution in [-0.4, -0.2) is 21.5 Å². The maximum Gasteiger partial charge on any atom is 0.276 e. The van der Waals surface area contributed by atoms with E-state index in [1.807, 2.05) is 6.92 Å². The smallest absolute Gasteiger partial charge is 0.202 e. The van der Waals surface area contributed by atoms with E-state index in [0.717, 1.165) is 19.3 Å². The highest BCUT2D eigenvalue weighted by Crippen LogP contribution is 2.19. The van der Waals surface area contributed by atoms with E-state index < -0.39 is 10.2 Å². The minimum Gasteiger partial charge on any atom is -0.202 e. The van der Waals surface area contributed by atoms with Gasteiger partial charge < -0.3 is 0 Å². The molecule has 0 aromatic carbocycles. The van der Waals surface area contributed by atoms with Crippen molar-refractivity contribution >= 4 is 10.2 Å². The number of hydrogen-bond acceptors (Lipinski definition) is 2. The van der Waals surface area contributed by atoms with Crippen LogP contribution in [0.3, 0.4) is 0 Å².